The van der Waals surface area contributed by atoms with Crippen LogP contribution in [0.4, 0.5) is 0 Å². The highest BCUT2D eigenvalue weighted by Crippen LogP contribution is 2.36. The maximum absolute atomic E-state index is 13.3. The Kier molecular flexibility index (Phi) is 10.7. The third-order valence-corrected chi connectivity index (χ3v) is 8.41. The van der Waals surface area contributed by atoms with Gasteiger partial charge in [-0.05, 0) is 56.6 Å². The zero-order chi connectivity index (χ0) is 26.3. The molecule has 0 bridgehead atoms. The highest BCUT2D eigenvalue weighted by Gasteiger charge is 2.43. The van der Waals surface area contributed by atoms with Gasteiger partial charge in [0.2, 0.25) is 0 Å². The highest BCUT2D eigenvalue weighted by atomic mass is 32.1. The first-order chi connectivity index (χ1) is 16.4. The molecule has 6 atom stereocenters. The fourth-order valence-corrected chi connectivity index (χ4v) is 5.50. The van der Waals surface area contributed by atoms with Gasteiger partial charge in [0.25, 0.3) is 0 Å². The van der Waals surface area contributed by atoms with E-state index >= 15 is 0 Å². The molecule has 1 aliphatic heterocycles. The number of nitrogens with zero attached hydrogens (tertiary/aromatic N) is 2. The van der Waals surface area contributed by atoms with Gasteiger partial charge in [-0.1, -0.05) is 47.5 Å². The minimum atomic E-state index is -1.09. The average molecular weight is 503 g/mol. The van der Waals surface area contributed by atoms with Gasteiger partial charge in [-0.3, -0.25) is 9.59 Å². The predicted octanol–water partition coefficient (Wildman–Crippen LogP) is 6.13. The van der Waals surface area contributed by atoms with E-state index in [1.165, 1.54) is 0 Å². The summed E-state index contributed by atoms with van der Waals surface area (Å²) in [6, 6.07) is 2.17. The number of cyclic esters (lactones) is 1. The quantitative estimate of drug-likeness (QED) is 0.489. The molecule has 0 aromatic carbocycles. The number of aryl methyl sites for hydroxylation is 1. The molecule has 2 rings (SSSR count). The second-order valence-electron chi connectivity index (χ2n) is 11.0. The normalized spacial score (nSPS) is 32.0. The first kappa shape index (κ1) is 29.2. The van der Waals surface area contributed by atoms with Gasteiger partial charge in [-0.25, -0.2) is 4.98 Å². The van der Waals surface area contributed by atoms with Crippen molar-refractivity contribution in [1.29, 1.82) is 5.26 Å². The van der Waals surface area contributed by atoms with Crippen molar-refractivity contribution in [3.63, 3.8) is 0 Å². The Balaban J connectivity index is 2.33. The summed E-state index contributed by atoms with van der Waals surface area (Å²) in [5.41, 5.74) is 0.688. The molecule has 6 nitrogen and oxygen atoms in total. The highest BCUT2D eigenvalue weighted by molar-refractivity contribution is 7.09. The molecule has 35 heavy (non-hydrogen) atoms. The number of carbonyl (C=O) groups is 2. The number of ketones is 1. The van der Waals surface area contributed by atoms with E-state index in [1.54, 1.807) is 32.1 Å². The van der Waals surface area contributed by atoms with Crippen LogP contribution < -0.4 is 0 Å². The number of thiazole rings is 1. The zero-order valence-electron chi connectivity index (χ0n) is 22.3. The molecule has 1 aromatic heterocycles. The zero-order valence-corrected chi connectivity index (χ0v) is 23.2. The van der Waals surface area contributed by atoms with Crippen LogP contribution in [-0.2, 0) is 14.3 Å². The summed E-state index contributed by atoms with van der Waals surface area (Å²) in [6.07, 6.45) is 5.02. The van der Waals surface area contributed by atoms with E-state index < -0.39 is 35.4 Å². The van der Waals surface area contributed by atoms with Crippen molar-refractivity contribution >= 4 is 29.2 Å². The summed E-state index contributed by atoms with van der Waals surface area (Å²) >= 11 is 1.57. The molecule has 7 heteroatoms. The monoisotopic (exact) mass is 502 g/mol. The van der Waals surface area contributed by atoms with Crippen LogP contribution in [0.1, 0.15) is 90.8 Å². The van der Waals surface area contributed by atoms with Crippen molar-refractivity contribution < 1.29 is 19.4 Å². The van der Waals surface area contributed by atoms with Crippen molar-refractivity contribution in [2.45, 2.75) is 99.2 Å². The van der Waals surface area contributed by atoms with Crippen LogP contribution in [-0.4, -0.2) is 34.1 Å². The van der Waals surface area contributed by atoms with Crippen LogP contribution in [0.15, 0.2) is 11.0 Å². The molecule has 1 aliphatic rings. The summed E-state index contributed by atoms with van der Waals surface area (Å²) in [5.74, 6) is -1.71. The molecular formula is C28H42N2O4S. The van der Waals surface area contributed by atoms with Crippen molar-refractivity contribution in [2.75, 3.05) is 0 Å². The smallest absolute Gasteiger partial charge is 0.307 e. The minimum absolute atomic E-state index is 0.0187. The van der Waals surface area contributed by atoms with Gasteiger partial charge in [0.05, 0.1) is 35.2 Å². The number of esters is 1. The molecule has 0 radical (unpaired) electrons. The largest absolute Gasteiger partial charge is 0.458 e. The lowest BCUT2D eigenvalue weighted by molar-refractivity contribution is -0.150. The summed E-state index contributed by atoms with van der Waals surface area (Å²) in [5, 5.41) is 23.7. The van der Waals surface area contributed by atoms with E-state index in [9.17, 15) is 20.0 Å². The number of aliphatic hydroxyl groups excluding tert-OH is 1. The summed E-state index contributed by atoms with van der Waals surface area (Å²) < 4.78 is 5.92. The topological polar surface area (TPSA) is 100 Å². The van der Waals surface area contributed by atoms with E-state index in [-0.39, 0.29) is 18.1 Å². The third kappa shape index (κ3) is 7.98. The Hall–Kier alpha value is -2.04. The number of nitriles is 1. The number of Topliss-reactive ketones (excluding diaryl/α,β-unsaturated/α-hetero) is 1. The van der Waals surface area contributed by atoms with Gasteiger partial charge in [0.1, 0.15) is 11.9 Å². The molecule has 0 unspecified atom stereocenters. The second kappa shape index (κ2) is 12.8. The van der Waals surface area contributed by atoms with Crippen molar-refractivity contribution in [3.05, 3.63) is 21.7 Å². The van der Waals surface area contributed by atoms with Crippen LogP contribution in [0, 0.1) is 47.3 Å². The van der Waals surface area contributed by atoms with Gasteiger partial charge >= 0.3 is 5.97 Å². The van der Waals surface area contributed by atoms with E-state index in [0.29, 0.717) is 12.3 Å². The number of rotatable bonds is 2. The first-order valence-electron chi connectivity index (χ1n) is 12.8. The lowest BCUT2D eigenvalue weighted by Crippen LogP contribution is -2.43. The molecule has 0 saturated carbocycles. The van der Waals surface area contributed by atoms with Gasteiger partial charge in [0.15, 0.2) is 0 Å². The van der Waals surface area contributed by atoms with Gasteiger partial charge in [-0.15, -0.1) is 11.3 Å². The molecule has 0 spiro atoms. The molecule has 1 aromatic rings. The number of ether oxygens (including phenoxy) is 1. The Morgan fingerprint density at radius 2 is 1.91 bits per heavy atom. The van der Waals surface area contributed by atoms with Crippen molar-refractivity contribution in [3.8, 4) is 6.07 Å². The molecule has 194 valence electrons. The second-order valence-corrected chi connectivity index (χ2v) is 12.1. The van der Waals surface area contributed by atoms with E-state index in [1.807, 2.05) is 32.2 Å². The summed E-state index contributed by atoms with van der Waals surface area (Å²) in [6.45, 7) is 13.2. The number of aliphatic hydroxyl groups is 1. The van der Waals surface area contributed by atoms with Crippen LogP contribution in [0.2, 0.25) is 0 Å². The standard InChI is InChI=1S/C28H42N2O4S/c1-17-9-8-10-18(2)26(32)20(4)27(33)28(6,7)22(15-29)14-25(31)34-24(12-11-17)19(3)13-23-16-35-21(5)30-23/h13,16-18,20,22,24,26,32H,8-12,14H2,1-7H3/b19-13+/t17-,18-,20+,22+,24-,26-/m0/s1. The van der Waals surface area contributed by atoms with Gasteiger partial charge < -0.3 is 9.84 Å². The van der Waals surface area contributed by atoms with Crippen molar-refractivity contribution in [1.82, 2.24) is 4.98 Å². The molecule has 0 amide bonds. The minimum Gasteiger partial charge on any atom is -0.458 e. The lowest BCUT2D eigenvalue weighted by Gasteiger charge is -2.34. The van der Waals surface area contributed by atoms with E-state index in [4.69, 9.17) is 4.74 Å². The van der Waals surface area contributed by atoms with Gasteiger partial charge in [0, 0.05) is 16.7 Å². The Morgan fingerprint density at radius 1 is 1.23 bits per heavy atom. The Bertz CT molecular complexity index is 945. The number of hydrogen-bond donors (Lipinski definition) is 1. The summed E-state index contributed by atoms with van der Waals surface area (Å²) in [7, 11) is 0. The van der Waals surface area contributed by atoms with Crippen molar-refractivity contribution in [2.24, 2.45) is 29.1 Å². The first-order valence-corrected chi connectivity index (χ1v) is 13.7. The molecule has 1 fully saturated rings. The summed E-state index contributed by atoms with van der Waals surface area (Å²) in [4.78, 5) is 30.9. The third-order valence-electron chi connectivity index (χ3n) is 7.61. The Labute approximate surface area is 214 Å². The van der Waals surface area contributed by atoms with Crippen LogP contribution >= 0.6 is 11.3 Å². The fraction of sp³-hybridized carbons (Fsp3) is 0.714. The lowest BCUT2D eigenvalue weighted by atomic mass is 9.69. The SMILES string of the molecule is C/C(=C\c1csc(C)n1)[C@@H]1CC[C@@H](C)CCC[C@H](C)[C@H](O)[C@@H](C)C(=O)C(C)(C)[C@@H](C#N)CC(=O)O1. The molecule has 0 aliphatic carbocycles. The number of hydrogen-bond acceptors (Lipinski definition) is 7. The number of carbonyl (C=O) groups excluding carboxylic acids is 2. The van der Waals surface area contributed by atoms with E-state index in [2.05, 4.69) is 18.0 Å². The number of aromatic nitrogens is 1. The predicted molar refractivity (Wildman–Crippen MR) is 139 cm³/mol. The van der Waals surface area contributed by atoms with Crippen LogP contribution in [0.5, 0.6) is 0 Å². The maximum atomic E-state index is 13.3. The molecule has 2 heterocycles. The molecule has 1 saturated heterocycles. The molecular weight excluding hydrogens is 460 g/mol. The van der Waals surface area contributed by atoms with Gasteiger partial charge in [-0.2, -0.15) is 5.26 Å². The Morgan fingerprint density at radius 3 is 2.51 bits per heavy atom. The fourth-order valence-electron chi connectivity index (χ4n) is 4.93. The maximum Gasteiger partial charge on any atom is 0.307 e. The average Bonchev–Trinajstić information content (AvgIpc) is 3.21. The van der Waals surface area contributed by atoms with Crippen LogP contribution in [0.25, 0.3) is 6.08 Å². The van der Waals surface area contributed by atoms with E-state index in [0.717, 1.165) is 42.0 Å². The molecule has 1 N–H and O–H groups in total. The van der Waals surface area contributed by atoms with Crippen LogP contribution in [0.3, 0.4) is 0 Å².